The van der Waals surface area contributed by atoms with Crippen molar-refractivity contribution < 1.29 is 0 Å². The molecule has 3 aromatic rings. The minimum Gasteiger partial charge on any atom is -0.352 e. The molecular formula is C24H30N6. The Balaban J connectivity index is 1.38. The van der Waals surface area contributed by atoms with Crippen LogP contribution in [0.5, 0.6) is 0 Å². The van der Waals surface area contributed by atoms with E-state index in [4.69, 9.17) is 9.97 Å². The molecule has 0 aliphatic carbocycles. The molecule has 6 nitrogen and oxygen atoms in total. The molecule has 2 aliphatic heterocycles. The number of benzene rings is 1. The minimum absolute atomic E-state index is 0.387. The van der Waals surface area contributed by atoms with Crippen LogP contribution in [-0.4, -0.2) is 44.5 Å². The van der Waals surface area contributed by atoms with Crippen LogP contribution in [0.4, 0.5) is 5.82 Å². The second kappa shape index (κ2) is 8.56. The van der Waals surface area contributed by atoms with Gasteiger partial charge in [0.05, 0.1) is 6.54 Å². The molecule has 30 heavy (non-hydrogen) atoms. The van der Waals surface area contributed by atoms with Gasteiger partial charge in [0.25, 0.3) is 0 Å². The molecule has 0 bridgehead atoms. The number of anilines is 1. The maximum Gasteiger partial charge on any atom is 0.136 e. The first-order valence-corrected chi connectivity index (χ1v) is 11.1. The highest BCUT2D eigenvalue weighted by atomic mass is 15.2. The molecule has 0 spiro atoms. The Morgan fingerprint density at radius 3 is 2.80 bits per heavy atom. The van der Waals surface area contributed by atoms with Crippen molar-refractivity contribution in [1.29, 1.82) is 0 Å². The van der Waals surface area contributed by atoms with Crippen molar-refractivity contribution in [3.05, 3.63) is 71.2 Å². The summed E-state index contributed by atoms with van der Waals surface area (Å²) in [6.07, 6.45) is 8.32. The van der Waals surface area contributed by atoms with E-state index in [1.54, 1.807) is 0 Å². The number of hydrogen-bond acceptors (Lipinski definition) is 5. The van der Waals surface area contributed by atoms with Gasteiger partial charge in [-0.25, -0.2) is 15.0 Å². The van der Waals surface area contributed by atoms with Gasteiger partial charge in [-0.05, 0) is 44.7 Å². The molecule has 5 rings (SSSR count). The summed E-state index contributed by atoms with van der Waals surface area (Å²) < 4.78 is 0. The fraction of sp³-hybridized carbons (Fsp3) is 0.458. The number of aryl methyl sites for hydroxylation is 1. The lowest BCUT2D eigenvalue weighted by Gasteiger charge is -2.34. The van der Waals surface area contributed by atoms with Gasteiger partial charge in [0.1, 0.15) is 17.5 Å². The van der Waals surface area contributed by atoms with Gasteiger partial charge < -0.3 is 9.88 Å². The van der Waals surface area contributed by atoms with Crippen molar-refractivity contribution in [2.75, 3.05) is 24.5 Å². The molecule has 156 valence electrons. The van der Waals surface area contributed by atoms with Crippen LogP contribution >= 0.6 is 0 Å². The zero-order valence-corrected chi connectivity index (χ0v) is 17.7. The van der Waals surface area contributed by atoms with Gasteiger partial charge >= 0.3 is 0 Å². The summed E-state index contributed by atoms with van der Waals surface area (Å²) in [6, 6.07) is 10.7. The van der Waals surface area contributed by atoms with E-state index in [1.807, 2.05) is 12.4 Å². The summed E-state index contributed by atoms with van der Waals surface area (Å²) in [5, 5.41) is 0. The topological polar surface area (TPSA) is 60.9 Å². The molecule has 0 saturated carbocycles. The maximum atomic E-state index is 5.17. The molecule has 6 heteroatoms. The van der Waals surface area contributed by atoms with E-state index in [-0.39, 0.29) is 0 Å². The van der Waals surface area contributed by atoms with Crippen LogP contribution in [0.1, 0.15) is 53.7 Å². The van der Waals surface area contributed by atoms with Crippen molar-refractivity contribution in [3.63, 3.8) is 0 Å². The zero-order valence-electron chi connectivity index (χ0n) is 17.7. The number of aromatic amines is 1. The number of nitrogens with one attached hydrogen (secondary N) is 1. The Morgan fingerprint density at radius 2 is 1.97 bits per heavy atom. The smallest absolute Gasteiger partial charge is 0.136 e. The van der Waals surface area contributed by atoms with E-state index >= 15 is 0 Å². The van der Waals surface area contributed by atoms with Crippen LogP contribution in [0.15, 0.2) is 42.7 Å². The number of fused-ring (bicyclic) bond motifs is 1. The first-order chi connectivity index (χ1) is 14.8. The summed E-state index contributed by atoms with van der Waals surface area (Å²) in [6.45, 7) is 7.12. The second-order valence-electron chi connectivity index (χ2n) is 8.59. The van der Waals surface area contributed by atoms with E-state index in [0.29, 0.717) is 5.92 Å². The van der Waals surface area contributed by atoms with Crippen molar-refractivity contribution in [2.45, 2.75) is 51.6 Å². The zero-order chi connectivity index (χ0) is 20.3. The van der Waals surface area contributed by atoms with Crippen molar-refractivity contribution >= 4 is 5.82 Å². The van der Waals surface area contributed by atoms with Crippen molar-refractivity contribution in [3.8, 4) is 0 Å². The predicted octanol–water partition coefficient (Wildman–Crippen LogP) is 3.84. The molecule has 1 atom stereocenters. The van der Waals surface area contributed by atoms with E-state index in [9.17, 15) is 0 Å². The molecule has 1 N–H and O–H groups in total. The molecule has 4 heterocycles. The van der Waals surface area contributed by atoms with E-state index in [0.717, 1.165) is 68.7 Å². The monoisotopic (exact) mass is 402 g/mol. The van der Waals surface area contributed by atoms with Crippen LogP contribution < -0.4 is 4.90 Å². The van der Waals surface area contributed by atoms with E-state index < -0.39 is 0 Å². The minimum atomic E-state index is 0.387. The number of likely N-dealkylation sites (tertiary alicyclic amines) is 1. The van der Waals surface area contributed by atoms with Gasteiger partial charge in [0, 0.05) is 49.2 Å². The second-order valence-corrected chi connectivity index (χ2v) is 8.59. The molecule has 0 amide bonds. The van der Waals surface area contributed by atoms with Crippen molar-refractivity contribution in [1.82, 2.24) is 24.8 Å². The lowest BCUT2D eigenvalue weighted by atomic mass is 9.96. The predicted molar refractivity (Wildman–Crippen MR) is 118 cm³/mol. The largest absolute Gasteiger partial charge is 0.352 e. The number of imidazole rings is 1. The van der Waals surface area contributed by atoms with E-state index in [2.05, 4.69) is 57.0 Å². The van der Waals surface area contributed by atoms with Gasteiger partial charge in [0.15, 0.2) is 0 Å². The third-order valence-corrected chi connectivity index (χ3v) is 6.38. The third-order valence-electron chi connectivity index (χ3n) is 6.38. The van der Waals surface area contributed by atoms with Gasteiger partial charge in [-0.15, -0.1) is 0 Å². The van der Waals surface area contributed by atoms with Crippen LogP contribution in [0.25, 0.3) is 0 Å². The number of piperidine rings is 1. The Kier molecular flexibility index (Phi) is 5.49. The highest BCUT2D eigenvalue weighted by molar-refractivity contribution is 5.52. The number of hydrogen-bond donors (Lipinski definition) is 1. The number of nitrogens with zero attached hydrogens (tertiary/aromatic N) is 5. The van der Waals surface area contributed by atoms with Gasteiger partial charge in [-0.1, -0.05) is 30.3 Å². The van der Waals surface area contributed by atoms with Crippen LogP contribution in [-0.2, 0) is 19.5 Å². The lowest BCUT2D eigenvalue weighted by molar-refractivity contribution is 0.192. The highest BCUT2D eigenvalue weighted by Gasteiger charge is 2.28. The third kappa shape index (κ3) is 4.10. The molecule has 1 saturated heterocycles. The molecule has 0 radical (unpaired) electrons. The number of H-pyrrole nitrogens is 1. The summed E-state index contributed by atoms with van der Waals surface area (Å²) in [7, 11) is 0. The molecule has 2 aliphatic rings. The summed E-state index contributed by atoms with van der Waals surface area (Å²) in [4.78, 5) is 22.7. The quantitative estimate of drug-likeness (QED) is 0.703. The highest BCUT2D eigenvalue weighted by Crippen LogP contribution is 2.32. The molecule has 1 aromatic carbocycles. The normalized spacial score (nSPS) is 19.6. The molecule has 2 aromatic heterocycles. The fourth-order valence-corrected chi connectivity index (χ4v) is 4.86. The van der Waals surface area contributed by atoms with Gasteiger partial charge in [-0.3, -0.25) is 4.90 Å². The van der Waals surface area contributed by atoms with E-state index in [1.165, 1.54) is 24.0 Å². The lowest BCUT2D eigenvalue weighted by Crippen LogP contribution is -2.36. The van der Waals surface area contributed by atoms with Crippen LogP contribution in [0.3, 0.4) is 0 Å². The van der Waals surface area contributed by atoms with Gasteiger partial charge in [0.2, 0.25) is 0 Å². The first-order valence-electron chi connectivity index (χ1n) is 11.1. The van der Waals surface area contributed by atoms with Crippen molar-refractivity contribution in [2.24, 2.45) is 0 Å². The van der Waals surface area contributed by atoms with Crippen LogP contribution in [0, 0.1) is 6.92 Å². The molecule has 1 fully saturated rings. The SMILES string of the molecule is Cc1nc(C2CCCN(Cc3ncc[nH]3)C2)nc2c1CCCN2Cc1ccccc1. The Morgan fingerprint density at radius 1 is 1.07 bits per heavy atom. The summed E-state index contributed by atoms with van der Waals surface area (Å²) >= 11 is 0. The standard InChI is InChI=1S/C24H30N6/c1-18-21-10-6-14-30(15-19-7-3-2-4-8-19)24(21)28-23(27-18)20-9-5-13-29(16-20)17-22-25-11-12-26-22/h2-4,7-8,11-12,20H,5-6,9-10,13-17H2,1H3,(H,25,26). The average molecular weight is 403 g/mol. The number of rotatable bonds is 5. The first kappa shape index (κ1) is 19.2. The maximum absolute atomic E-state index is 5.17. The van der Waals surface area contributed by atoms with Crippen LogP contribution in [0.2, 0.25) is 0 Å². The average Bonchev–Trinajstić information content (AvgIpc) is 3.28. The Bertz CT molecular complexity index is 969. The fourth-order valence-electron chi connectivity index (χ4n) is 4.86. The molecular weight excluding hydrogens is 372 g/mol. The number of aromatic nitrogens is 4. The summed E-state index contributed by atoms with van der Waals surface area (Å²) in [5.41, 5.74) is 3.84. The summed E-state index contributed by atoms with van der Waals surface area (Å²) in [5.74, 6) is 3.61. The molecule has 1 unspecified atom stereocenters. The Labute approximate surface area is 178 Å². The van der Waals surface area contributed by atoms with Gasteiger partial charge in [-0.2, -0.15) is 0 Å². The Hall–Kier alpha value is -2.73.